The molecule has 2 N–H and O–H groups in total. The van der Waals surface area contributed by atoms with Gasteiger partial charge in [-0.3, -0.25) is 9.89 Å². The van der Waals surface area contributed by atoms with E-state index in [0.717, 1.165) is 5.69 Å². The minimum Gasteiger partial charge on any atom is -0.381 e. The highest BCUT2D eigenvalue weighted by atomic mass is 16.3. The van der Waals surface area contributed by atoms with E-state index in [4.69, 9.17) is 0 Å². The largest absolute Gasteiger partial charge is 0.381 e. The average molecular weight is 332 g/mol. The van der Waals surface area contributed by atoms with Crippen LogP contribution in [0.2, 0.25) is 0 Å². The first-order valence-electron chi connectivity index (χ1n) is 8.29. The summed E-state index contributed by atoms with van der Waals surface area (Å²) in [5.41, 5.74) is 0.758. The molecule has 0 saturated carbocycles. The molecule has 1 unspecified atom stereocenters. The second-order valence-electron chi connectivity index (χ2n) is 7.04. The molecule has 3 heterocycles. The van der Waals surface area contributed by atoms with E-state index in [1.165, 1.54) is 0 Å². The molecule has 1 aliphatic rings. The number of β-amino-alcohol motifs (C(OH)–C–C–N with tert-alkyl or cyclic N) is 1. The number of nitrogens with one attached hydrogen (secondary N) is 1. The maximum absolute atomic E-state index is 12.8. The third-order valence-electron chi connectivity index (χ3n) is 4.53. The van der Waals surface area contributed by atoms with Crippen molar-refractivity contribution in [2.45, 2.75) is 51.7 Å². The first-order chi connectivity index (χ1) is 11.3. The molecule has 0 aliphatic carbocycles. The molecule has 2 aromatic rings. The number of amides is 1. The van der Waals surface area contributed by atoms with Gasteiger partial charge in [-0.1, -0.05) is 19.1 Å². The predicted octanol–water partition coefficient (Wildman–Crippen LogP) is 1.44. The number of rotatable bonds is 4. The first kappa shape index (κ1) is 16.6. The Hall–Kier alpha value is -2.22. The number of aliphatic hydroxyl groups is 1. The number of hydrogen-bond donors (Lipinski definition) is 2. The van der Waals surface area contributed by atoms with Crippen LogP contribution in [0.3, 0.4) is 0 Å². The molecule has 0 radical (unpaired) electrons. The van der Waals surface area contributed by atoms with Gasteiger partial charge in [0.2, 0.25) is 0 Å². The highest BCUT2D eigenvalue weighted by Crippen LogP contribution is 2.32. The van der Waals surface area contributed by atoms with Crippen LogP contribution in [0.4, 0.5) is 0 Å². The van der Waals surface area contributed by atoms with Crippen LogP contribution in [0, 0.1) is 0 Å². The van der Waals surface area contributed by atoms with E-state index >= 15 is 0 Å². The van der Waals surface area contributed by atoms with Crippen LogP contribution in [0.25, 0.3) is 0 Å². The molecule has 1 fully saturated rings. The summed E-state index contributed by atoms with van der Waals surface area (Å²) in [6.45, 7) is 8.71. The smallest absolute Gasteiger partial charge is 0.257 e. The minimum atomic E-state index is -1.15. The van der Waals surface area contributed by atoms with Crippen molar-refractivity contribution >= 4 is 5.91 Å². The fourth-order valence-electron chi connectivity index (χ4n) is 3.00. The normalized spacial score (nSPS) is 21.2. The standard InChI is InChI=1S/C16H24N6O2/c1-10(2)14-12(7-17-19-14)15(23)21-6-5-16(24,9-21)13-8-22(11(3)4)20-18-13/h7-8,10-11,24H,5-6,9H2,1-4H3,(H,17,19). The topological polar surface area (TPSA) is 99.9 Å². The minimum absolute atomic E-state index is 0.111. The summed E-state index contributed by atoms with van der Waals surface area (Å²) < 4.78 is 1.71. The Balaban J connectivity index is 1.78. The SMILES string of the molecule is CC(C)c1[nH]ncc1C(=O)N1CCC(O)(c2cn(C(C)C)nn2)C1. The van der Waals surface area contributed by atoms with Gasteiger partial charge in [0, 0.05) is 19.0 Å². The van der Waals surface area contributed by atoms with E-state index in [0.29, 0.717) is 24.2 Å². The maximum Gasteiger partial charge on any atom is 0.257 e. The van der Waals surface area contributed by atoms with Crippen LogP contribution in [-0.2, 0) is 5.60 Å². The highest BCUT2D eigenvalue weighted by Gasteiger charge is 2.42. The van der Waals surface area contributed by atoms with Gasteiger partial charge >= 0.3 is 0 Å². The molecule has 1 atom stereocenters. The fraction of sp³-hybridized carbons (Fsp3) is 0.625. The Morgan fingerprint density at radius 3 is 2.75 bits per heavy atom. The average Bonchev–Trinajstić information content (AvgIpc) is 3.25. The highest BCUT2D eigenvalue weighted by molar-refractivity contribution is 5.95. The van der Waals surface area contributed by atoms with Gasteiger partial charge in [0.15, 0.2) is 0 Å². The zero-order chi connectivity index (χ0) is 17.5. The van der Waals surface area contributed by atoms with Gasteiger partial charge in [0.1, 0.15) is 11.3 Å². The van der Waals surface area contributed by atoms with Gasteiger partial charge in [0.25, 0.3) is 5.91 Å². The van der Waals surface area contributed by atoms with Crippen molar-refractivity contribution in [2.75, 3.05) is 13.1 Å². The Morgan fingerprint density at radius 2 is 2.12 bits per heavy atom. The van der Waals surface area contributed by atoms with E-state index in [1.807, 2.05) is 27.7 Å². The van der Waals surface area contributed by atoms with Crippen LogP contribution >= 0.6 is 0 Å². The van der Waals surface area contributed by atoms with E-state index in [9.17, 15) is 9.90 Å². The lowest BCUT2D eigenvalue weighted by molar-refractivity contribution is 0.0381. The molecule has 24 heavy (non-hydrogen) atoms. The van der Waals surface area contributed by atoms with E-state index in [1.54, 1.807) is 22.0 Å². The maximum atomic E-state index is 12.8. The van der Waals surface area contributed by atoms with Gasteiger partial charge in [-0.05, 0) is 19.8 Å². The number of carbonyl (C=O) groups is 1. The van der Waals surface area contributed by atoms with Gasteiger partial charge < -0.3 is 10.0 Å². The zero-order valence-electron chi connectivity index (χ0n) is 14.5. The Bertz CT molecular complexity index is 735. The number of H-pyrrole nitrogens is 1. The van der Waals surface area contributed by atoms with Gasteiger partial charge in [0.05, 0.1) is 30.2 Å². The number of aromatic amines is 1. The van der Waals surface area contributed by atoms with Crippen molar-refractivity contribution in [1.82, 2.24) is 30.1 Å². The van der Waals surface area contributed by atoms with Gasteiger partial charge in [-0.15, -0.1) is 5.10 Å². The summed E-state index contributed by atoms with van der Waals surface area (Å²) in [5.74, 6) is 0.0681. The molecule has 130 valence electrons. The van der Waals surface area contributed by atoms with E-state index in [2.05, 4.69) is 20.5 Å². The summed E-state index contributed by atoms with van der Waals surface area (Å²) in [5, 5.41) is 26.0. The lowest BCUT2D eigenvalue weighted by atomic mass is 10.00. The van der Waals surface area contributed by atoms with Crippen LogP contribution in [0.15, 0.2) is 12.4 Å². The molecule has 1 amide bonds. The quantitative estimate of drug-likeness (QED) is 0.882. The second kappa shape index (κ2) is 6.01. The molecule has 8 heteroatoms. The molecule has 3 rings (SSSR count). The monoisotopic (exact) mass is 332 g/mol. The first-order valence-corrected chi connectivity index (χ1v) is 8.29. The third-order valence-corrected chi connectivity index (χ3v) is 4.53. The molecular weight excluding hydrogens is 308 g/mol. The number of likely N-dealkylation sites (tertiary alicyclic amines) is 1. The van der Waals surface area contributed by atoms with Crippen molar-refractivity contribution in [3.8, 4) is 0 Å². The van der Waals surface area contributed by atoms with Crippen molar-refractivity contribution < 1.29 is 9.90 Å². The molecule has 0 spiro atoms. The summed E-state index contributed by atoms with van der Waals surface area (Å²) in [7, 11) is 0. The van der Waals surface area contributed by atoms with Crippen LogP contribution in [0.5, 0.6) is 0 Å². The molecule has 8 nitrogen and oxygen atoms in total. The lowest BCUT2D eigenvalue weighted by Gasteiger charge is -2.21. The van der Waals surface area contributed by atoms with Gasteiger partial charge in [-0.2, -0.15) is 5.10 Å². The van der Waals surface area contributed by atoms with Crippen LogP contribution in [0.1, 0.15) is 67.8 Å². The number of carbonyl (C=O) groups excluding carboxylic acids is 1. The number of aromatic nitrogens is 5. The van der Waals surface area contributed by atoms with Crippen molar-refractivity contribution in [1.29, 1.82) is 0 Å². The van der Waals surface area contributed by atoms with E-state index in [-0.39, 0.29) is 24.4 Å². The molecule has 1 aliphatic heterocycles. The van der Waals surface area contributed by atoms with E-state index < -0.39 is 5.60 Å². The molecule has 1 saturated heterocycles. The fourth-order valence-corrected chi connectivity index (χ4v) is 3.00. The molecule has 0 bridgehead atoms. The zero-order valence-corrected chi connectivity index (χ0v) is 14.5. The predicted molar refractivity (Wildman–Crippen MR) is 87.5 cm³/mol. The summed E-state index contributed by atoms with van der Waals surface area (Å²) in [6.07, 6.45) is 3.77. The molecule has 0 aromatic carbocycles. The van der Waals surface area contributed by atoms with Gasteiger partial charge in [-0.25, -0.2) is 4.68 Å². The summed E-state index contributed by atoms with van der Waals surface area (Å²) in [6, 6.07) is 0.175. The number of hydrogen-bond acceptors (Lipinski definition) is 5. The Kier molecular flexibility index (Phi) is 4.16. The molecular formula is C16H24N6O2. The lowest BCUT2D eigenvalue weighted by Crippen LogP contribution is -2.35. The van der Waals surface area contributed by atoms with Crippen LogP contribution in [-0.4, -0.2) is 54.2 Å². The van der Waals surface area contributed by atoms with Crippen molar-refractivity contribution in [3.63, 3.8) is 0 Å². The second-order valence-corrected chi connectivity index (χ2v) is 7.04. The molecule has 2 aromatic heterocycles. The van der Waals surface area contributed by atoms with Crippen molar-refractivity contribution in [3.05, 3.63) is 29.3 Å². The third kappa shape index (κ3) is 2.82. The number of nitrogens with zero attached hydrogens (tertiary/aromatic N) is 5. The Morgan fingerprint density at radius 1 is 1.38 bits per heavy atom. The van der Waals surface area contributed by atoms with Crippen molar-refractivity contribution in [2.24, 2.45) is 0 Å². The van der Waals surface area contributed by atoms with Crippen LogP contribution < -0.4 is 0 Å². The summed E-state index contributed by atoms with van der Waals surface area (Å²) >= 11 is 0. The Labute approximate surface area is 140 Å². The summed E-state index contributed by atoms with van der Waals surface area (Å²) in [4.78, 5) is 14.4.